The van der Waals surface area contributed by atoms with E-state index in [9.17, 15) is 9.18 Å². The summed E-state index contributed by atoms with van der Waals surface area (Å²) in [6.45, 7) is 0. The first-order valence-electron chi connectivity index (χ1n) is 4.98. The van der Waals surface area contributed by atoms with Gasteiger partial charge in [-0.1, -0.05) is 11.6 Å². The summed E-state index contributed by atoms with van der Waals surface area (Å²) in [7, 11) is 0. The van der Waals surface area contributed by atoms with Crippen molar-refractivity contribution in [3.8, 4) is 5.75 Å². The molecule has 0 fully saturated rings. The van der Waals surface area contributed by atoms with Gasteiger partial charge in [0.15, 0.2) is 11.6 Å². The first-order chi connectivity index (χ1) is 8.58. The van der Waals surface area contributed by atoms with Crippen molar-refractivity contribution in [1.29, 1.82) is 0 Å². The lowest BCUT2D eigenvalue weighted by molar-refractivity contribution is 0.102. The minimum atomic E-state index is -0.815. The third kappa shape index (κ3) is 2.57. The Morgan fingerprint density at radius 3 is 2.83 bits per heavy atom. The predicted molar refractivity (Wildman–Crippen MR) is 65.3 cm³/mol. The standard InChI is InChI=1S/C12H8ClFN2O2/c13-11-8(2-1-5-15-11)12(18)16-7-3-4-10(17)9(14)6-7/h1-6,17H,(H,16,18). The number of hydrogen-bond donors (Lipinski definition) is 2. The van der Waals surface area contributed by atoms with Crippen LogP contribution in [0.1, 0.15) is 10.4 Å². The third-order valence-corrected chi connectivity index (χ3v) is 2.51. The summed E-state index contributed by atoms with van der Waals surface area (Å²) in [6.07, 6.45) is 1.46. The quantitative estimate of drug-likeness (QED) is 0.649. The molecule has 6 heteroatoms. The highest BCUT2D eigenvalue weighted by molar-refractivity contribution is 6.33. The molecule has 1 heterocycles. The maximum atomic E-state index is 13.1. The lowest BCUT2D eigenvalue weighted by atomic mass is 10.2. The number of rotatable bonds is 2. The largest absolute Gasteiger partial charge is 0.505 e. The Labute approximate surface area is 107 Å². The molecular formula is C12H8ClFN2O2. The zero-order chi connectivity index (χ0) is 13.1. The molecule has 1 amide bonds. The minimum absolute atomic E-state index is 0.0641. The molecule has 0 unspecified atom stereocenters. The van der Waals surface area contributed by atoms with Crippen LogP contribution in [0.25, 0.3) is 0 Å². The molecule has 1 aromatic carbocycles. The van der Waals surface area contributed by atoms with E-state index in [4.69, 9.17) is 16.7 Å². The smallest absolute Gasteiger partial charge is 0.258 e. The normalized spacial score (nSPS) is 10.1. The number of amides is 1. The molecule has 0 atom stereocenters. The summed E-state index contributed by atoms with van der Waals surface area (Å²) in [5.41, 5.74) is 0.405. The number of nitrogens with one attached hydrogen (secondary N) is 1. The zero-order valence-electron chi connectivity index (χ0n) is 9.02. The van der Waals surface area contributed by atoms with Gasteiger partial charge in [-0.2, -0.15) is 0 Å². The van der Waals surface area contributed by atoms with Gasteiger partial charge in [0.1, 0.15) is 5.15 Å². The van der Waals surface area contributed by atoms with E-state index in [0.717, 1.165) is 12.1 Å². The van der Waals surface area contributed by atoms with Crippen molar-refractivity contribution in [3.63, 3.8) is 0 Å². The van der Waals surface area contributed by atoms with Crippen molar-refractivity contribution in [1.82, 2.24) is 4.98 Å². The van der Waals surface area contributed by atoms with Gasteiger partial charge < -0.3 is 10.4 Å². The van der Waals surface area contributed by atoms with Gasteiger partial charge in [0, 0.05) is 18.0 Å². The van der Waals surface area contributed by atoms with E-state index in [1.165, 1.54) is 18.3 Å². The lowest BCUT2D eigenvalue weighted by Crippen LogP contribution is -2.12. The highest BCUT2D eigenvalue weighted by atomic mass is 35.5. The SMILES string of the molecule is O=C(Nc1ccc(O)c(F)c1)c1cccnc1Cl. The number of benzene rings is 1. The van der Waals surface area contributed by atoms with Gasteiger partial charge in [-0.05, 0) is 24.3 Å². The maximum Gasteiger partial charge on any atom is 0.258 e. The molecule has 2 rings (SSSR count). The number of halogens is 2. The van der Waals surface area contributed by atoms with Crippen LogP contribution in [0.2, 0.25) is 5.15 Å². The molecule has 2 N–H and O–H groups in total. The van der Waals surface area contributed by atoms with Crippen molar-refractivity contribution < 1.29 is 14.3 Å². The van der Waals surface area contributed by atoms with Gasteiger partial charge in [-0.15, -0.1) is 0 Å². The highest BCUT2D eigenvalue weighted by Gasteiger charge is 2.11. The fraction of sp³-hybridized carbons (Fsp3) is 0. The number of phenolic OH excluding ortho intramolecular Hbond substituents is 1. The zero-order valence-corrected chi connectivity index (χ0v) is 9.78. The Bertz CT molecular complexity index is 604. The fourth-order valence-electron chi connectivity index (χ4n) is 1.34. The maximum absolute atomic E-state index is 13.1. The second kappa shape index (κ2) is 5.01. The van der Waals surface area contributed by atoms with Crippen molar-refractivity contribution in [2.24, 2.45) is 0 Å². The van der Waals surface area contributed by atoms with Gasteiger partial charge in [-0.25, -0.2) is 9.37 Å². The van der Waals surface area contributed by atoms with Crippen LogP contribution in [0.15, 0.2) is 36.5 Å². The van der Waals surface area contributed by atoms with E-state index in [2.05, 4.69) is 10.3 Å². The van der Waals surface area contributed by atoms with Crippen LogP contribution in [-0.2, 0) is 0 Å². The van der Waals surface area contributed by atoms with Crippen LogP contribution in [0.4, 0.5) is 10.1 Å². The number of carbonyl (C=O) groups is 1. The van der Waals surface area contributed by atoms with E-state index >= 15 is 0 Å². The third-order valence-electron chi connectivity index (χ3n) is 2.21. The van der Waals surface area contributed by atoms with E-state index in [-0.39, 0.29) is 16.4 Å². The van der Waals surface area contributed by atoms with Gasteiger partial charge in [0.25, 0.3) is 5.91 Å². The van der Waals surface area contributed by atoms with Gasteiger partial charge in [0.2, 0.25) is 0 Å². The van der Waals surface area contributed by atoms with E-state index in [1.807, 2.05) is 0 Å². The number of anilines is 1. The van der Waals surface area contributed by atoms with Gasteiger partial charge in [-0.3, -0.25) is 4.79 Å². The van der Waals surface area contributed by atoms with E-state index in [0.29, 0.717) is 0 Å². The molecule has 2 aromatic rings. The van der Waals surface area contributed by atoms with Crippen molar-refractivity contribution in [3.05, 3.63) is 53.1 Å². The molecule has 0 spiro atoms. The van der Waals surface area contributed by atoms with Gasteiger partial charge in [0.05, 0.1) is 5.56 Å². The topological polar surface area (TPSA) is 62.2 Å². The number of aromatic hydroxyl groups is 1. The monoisotopic (exact) mass is 266 g/mol. The Kier molecular flexibility index (Phi) is 3.43. The van der Waals surface area contributed by atoms with E-state index < -0.39 is 17.5 Å². The number of phenols is 1. The summed E-state index contributed by atoms with van der Waals surface area (Å²) in [5, 5.41) is 11.5. The molecule has 18 heavy (non-hydrogen) atoms. The summed E-state index contributed by atoms with van der Waals surface area (Å²) in [5.74, 6) is -1.80. The molecule has 0 radical (unpaired) electrons. The molecule has 4 nitrogen and oxygen atoms in total. The Morgan fingerprint density at radius 2 is 2.17 bits per heavy atom. The number of aromatic nitrogens is 1. The molecule has 0 bridgehead atoms. The summed E-state index contributed by atoms with van der Waals surface area (Å²) >= 11 is 5.76. The van der Waals surface area contributed by atoms with Crippen molar-refractivity contribution in [2.75, 3.05) is 5.32 Å². The summed E-state index contributed by atoms with van der Waals surface area (Å²) < 4.78 is 13.1. The molecule has 1 aromatic heterocycles. The van der Waals surface area contributed by atoms with Crippen LogP contribution in [0.5, 0.6) is 5.75 Å². The molecule has 0 saturated carbocycles. The van der Waals surface area contributed by atoms with Crippen LogP contribution in [0, 0.1) is 5.82 Å². The fourth-order valence-corrected chi connectivity index (χ4v) is 1.54. The molecular weight excluding hydrogens is 259 g/mol. The van der Waals surface area contributed by atoms with Crippen LogP contribution >= 0.6 is 11.6 Å². The predicted octanol–water partition coefficient (Wildman–Crippen LogP) is 2.83. The molecule has 0 saturated heterocycles. The minimum Gasteiger partial charge on any atom is -0.505 e. The van der Waals surface area contributed by atoms with Crippen LogP contribution in [0.3, 0.4) is 0 Å². The number of hydrogen-bond acceptors (Lipinski definition) is 3. The van der Waals surface area contributed by atoms with E-state index in [1.54, 1.807) is 6.07 Å². The van der Waals surface area contributed by atoms with Crippen LogP contribution in [-0.4, -0.2) is 16.0 Å². The van der Waals surface area contributed by atoms with Crippen molar-refractivity contribution in [2.45, 2.75) is 0 Å². The first-order valence-corrected chi connectivity index (χ1v) is 5.36. The molecule has 0 aliphatic rings. The first kappa shape index (κ1) is 12.3. The lowest BCUT2D eigenvalue weighted by Gasteiger charge is -2.06. The second-order valence-corrected chi connectivity index (χ2v) is 3.82. The molecule has 0 aliphatic carbocycles. The average Bonchev–Trinajstić information content (AvgIpc) is 2.34. The van der Waals surface area contributed by atoms with Crippen LogP contribution < -0.4 is 5.32 Å². The Balaban J connectivity index is 2.22. The van der Waals surface area contributed by atoms with Gasteiger partial charge >= 0.3 is 0 Å². The Hall–Kier alpha value is -2.14. The summed E-state index contributed by atoms with van der Waals surface area (Å²) in [6, 6.07) is 6.60. The second-order valence-electron chi connectivity index (χ2n) is 3.46. The number of carbonyl (C=O) groups excluding carboxylic acids is 1. The number of nitrogens with zero attached hydrogens (tertiary/aromatic N) is 1. The molecule has 0 aliphatic heterocycles. The highest BCUT2D eigenvalue weighted by Crippen LogP contribution is 2.20. The Morgan fingerprint density at radius 1 is 1.39 bits per heavy atom. The van der Waals surface area contributed by atoms with Crippen molar-refractivity contribution >= 4 is 23.2 Å². The average molecular weight is 267 g/mol. The molecule has 92 valence electrons. The summed E-state index contributed by atoms with van der Waals surface area (Å²) in [4.78, 5) is 15.6. The number of pyridine rings is 1.